The van der Waals surface area contributed by atoms with Gasteiger partial charge in [-0.2, -0.15) is 0 Å². The number of non-ortho nitro benzene ring substituents is 1. The van der Waals surface area contributed by atoms with E-state index in [4.69, 9.17) is 4.74 Å². The second-order valence-corrected chi connectivity index (χ2v) is 3.97. The molecule has 1 aromatic heterocycles. The lowest BCUT2D eigenvalue weighted by Gasteiger charge is -2.09. The Hall–Kier alpha value is -2.70. The van der Waals surface area contributed by atoms with Gasteiger partial charge in [0, 0.05) is 29.5 Å². The summed E-state index contributed by atoms with van der Waals surface area (Å²) < 4.78 is 4.81. The normalized spacial score (nSPS) is 10.2. The highest BCUT2D eigenvalue weighted by Crippen LogP contribution is 2.30. The number of nitro groups is 1. The summed E-state index contributed by atoms with van der Waals surface area (Å²) in [6.07, 6.45) is 3.01. The van der Waals surface area contributed by atoms with Gasteiger partial charge in [0.15, 0.2) is 0 Å². The molecule has 0 aliphatic rings. The minimum Gasteiger partial charge on any atom is -0.465 e. The number of carbonyl (C=O) groups excluding carboxylic acids is 1. The molecule has 0 atom stereocenters. The van der Waals surface area contributed by atoms with Gasteiger partial charge in [-0.15, -0.1) is 0 Å². The molecule has 2 aromatic rings. The molecule has 1 N–H and O–H groups in total. The van der Waals surface area contributed by atoms with E-state index in [1.165, 1.54) is 18.5 Å². The number of pyridine rings is 1. The van der Waals surface area contributed by atoms with E-state index in [0.717, 1.165) is 0 Å². The highest BCUT2D eigenvalue weighted by atomic mass is 16.6. The molecule has 0 aliphatic heterocycles. The number of nitrogens with zero attached hydrogens (tertiary/aromatic N) is 2. The smallest absolute Gasteiger partial charge is 0.325 e. The molecule has 0 aliphatic carbocycles. The third kappa shape index (κ3) is 2.82. The minimum atomic E-state index is -0.447. The molecule has 1 aromatic carbocycles. The molecule has 0 spiro atoms. The van der Waals surface area contributed by atoms with E-state index in [1.54, 1.807) is 19.1 Å². The van der Waals surface area contributed by atoms with Crippen molar-refractivity contribution >= 4 is 28.1 Å². The largest absolute Gasteiger partial charge is 0.465 e. The van der Waals surface area contributed by atoms with Crippen LogP contribution >= 0.6 is 0 Å². The van der Waals surface area contributed by atoms with Crippen molar-refractivity contribution in [1.29, 1.82) is 0 Å². The summed E-state index contributed by atoms with van der Waals surface area (Å²) in [5.41, 5.74) is 0.607. The maximum atomic E-state index is 11.3. The quantitative estimate of drug-likeness (QED) is 0.510. The number of aromatic nitrogens is 1. The van der Waals surface area contributed by atoms with E-state index in [2.05, 4.69) is 10.3 Å². The summed E-state index contributed by atoms with van der Waals surface area (Å²) in [6, 6.07) is 4.53. The van der Waals surface area contributed by atoms with Gasteiger partial charge in [0.1, 0.15) is 6.54 Å². The fourth-order valence-corrected chi connectivity index (χ4v) is 1.87. The van der Waals surface area contributed by atoms with E-state index < -0.39 is 4.92 Å². The number of anilines is 1. The zero-order chi connectivity index (χ0) is 14.5. The van der Waals surface area contributed by atoms with E-state index in [1.807, 2.05) is 0 Å². The number of esters is 1. The molecule has 0 unspecified atom stereocenters. The van der Waals surface area contributed by atoms with Crippen LogP contribution in [0.3, 0.4) is 0 Å². The van der Waals surface area contributed by atoms with Gasteiger partial charge >= 0.3 is 5.97 Å². The lowest BCUT2D eigenvalue weighted by Crippen LogP contribution is -2.16. The Balaban J connectivity index is 2.33. The molecule has 20 heavy (non-hydrogen) atoms. The average Bonchev–Trinajstić information content (AvgIpc) is 2.44. The second-order valence-electron chi connectivity index (χ2n) is 3.97. The number of rotatable bonds is 5. The molecule has 0 amide bonds. The Morgan fingerprint density at radius 3 is 2.90 bits per heavy atom. The van der Waals surface area contributed by atoms with E-state index in [9.17, 15) is 14.9 Å². The molecule has 0 saturated carbocycles. The van der Waals surface area contributed by atoms with E-state index in [0.29, 0.717) is 23.1 Å². The van der Waals surface area contributed by atoms with Gasteiger partial charge in [-0.05, 0) is 19.1 Å². The first-order chi connectivity index (χ1) is 9.63. The molecule has 104 valence electrons. The molecule has 0 fully saturated rings. The summed E-state index contributed by atoms with van der Waals surface area (Å²) in [7, 11) is 0. The highest BCUT2D eigenvalue weighted by molar-refractivity contribution is 5.99. The first-order valence-electron chi connectivity index (χ1n) is 6.04. The van der Waals surface area contributed by atoms with Crippen LogP contribution in [-0.4, -0.2) is 29.0 Å². The van der Waals surface area contributed by atoms with Crippen LogP contribution in [0.5, 0.6) is 0 Å². The SMILES string of the molecule is CCOC(=O)CNc1ccc([N+](=O)[O-])c2ccncc12. The van der Waals surface area contributed by atoms with Crippen molar-refractivity contribution in [1.82, 2.24) is 4.98 Å². The Labute approximate surface area is 114 Å². The molecule has 2 rings (SSSR count). The van der Waals surface area contributed by atoms with Crippen molar-refractivity contribution in [2.24, 2.45) is 0 Å². The number of nitro benzene ring substituents is 1. The van der Waals surface area contributed by atoms with Crippen LogP contribution < -0.4 is 5.32 Å². The molecule has 0 bridgehead atoms. The maximum absolute atomic E-state index is 11.3. The summed E-state index contributed by atoms with van der Waals surface area (Å²) in [5, 5.41) is 14.9. The Morgan fingerprint density at radius 2 is 2.20 bits per heavy atom. The van der Waals surface area contributed by atoms with Crippen molar-refractivity contribution in [3.8, 4) is 0 Å². The third-order valence-electron chi connectivity index (χ3n) is 2.72. The molecular formula is C13H13N3O4. The van der Waals surface area contributed by atoms with Crippen LogP contribution in [0.1, 0.15) is 6.92 Å². The van der Waals surface area contributed by atoms with Crippen molar-refractivity contribution in [3.05, 3.63) is 40.7 Å². The van der Waals surface area contributed by atoms with Crippen LogP contribution in [0, 0.1) is 10.1 Å². The Morgan fingerprint density at radius 1 is 1.40 bits per heavy atom. The van der Waals surface area contributed by atoms with Gasteiger partial charge < -0.3 is 10.1 Å². The zero-order valence-corrected chi connectivity index (χ0v) is 10.8. The first kappa shape index (κ1) is 13.7. The summed E-state index contributed by atoms with van der Waals surface area (Å²) in [4.78, 5) is 25.8. The topological polar surface area (TPSA) is 94.4 Å². The maximum Gasteiger partial charge on any atom is 0.325 e. The molecule has 7 nitrogen and oxygen atoms in total. The highest BCUT2D eigenvalue weighted by Gasteiger charge is 2.14. The van der Waals surface area contributed by atoms with Gasteiger partial charge in [-0.1, -0.05) is 0 Å². The van der Waals surface area contributed by atoms with E-state index in [-0.39, 0.29) is 18.2 Å². The van der Waals surface area contributed by atoms with Crippen molar-refractivity contribution in [3.63, 3.8) is 0 Å². The molecule has 0 saturated heterocycles. The molecule has 0 radical (unpaired) electrons. The van der Waals surface area contributed by atoms with Gasteiger partial charge in [-0.25, -0.2) is 0 Å². The fraction of sp³-hybridized carbons (Fsp3) is 0.231. The minimum absolute atomic E-state index is 0.00378. The number of carbonyl (C=O) groups is 1. The molecule has 1 heterocycles. The lowest BCUT2D eigenvalue weighted by atomic mass is 10.1. The summed E-state index contributed by atoms with van der Waals surface area (Å²) >= 11 is 0. The number of hydrogen-bond donors (Lipinski definition) is 1. The molecule has 7 heteroatoms. The molecular weight excluding hydrogens is 262 g/mol. The van der Waals surface area contributed by atoms with Crippen LogP contribution in [0.25, 0.3) is 10.8 Å². The van der Waals surface area contributed by atoms with Gasteiger partial charge in [0.05, 0.1) is 16.9 Å². The van der Waals surface area contributed by atoms with Crippen LogP contribution in [0.2, 0.25) is 0 Å². The Kier molecular flexibility index (Phi) is 4.09. The fourth-order valence-electron chi connectivity index (χ4n) is 1.87. The number of fused-ring (bicyclic) bond motifs is 1. The van der Waals surface area contributed by atoms with Gasteiger partial charge in [-0.3, -0.25) is 19.9 Å². The first-order valence-corrected chi connectivity index (χ1v) is 6.04. The third-order valence-corrected chi connectivity index (χ3v) is 2.72. The van der Waals surface area contributed by atoms with Gasteiger partial charge in [0.25, 0.3) is 5.69 Å². The number of nitrogens with one attached hydrogen (secondary N) is 1. The van der Waals surface area contributed by atoms with E-state index >= 15 is 0 Å². The second kappa shape index (κ2) is 5.96. The number of ether oxygens (including phenoxy) is 1. The van der Waals surface area contributed by atoms with Crippen molar-refractivity contribution in [2.75, 3.05) is 18.5 Å². The van der Waals surface area contributed by atoms with Crippen molar-refractivity contribution in [2.45, 2.75) is 6.92 Å². The summed E-state index contributed by atoms with van der Waals surface area (Å²) in [5.74, 6) is -0.386. The van der Waals surface area contributed by atoms with Crippen LogP contribution in [0.4, 0.5) is 11.4 Å². The Bertz CT molecular complexity index is 657. The van der Waals surface area contributed by atoms with Gasteiger partial charge in [0.2, 0.25) is 0 Å². The van der Waals surface area contributed by atoms with Crippen molar-refractivity contribution < 1.29 is 14.5 Å². The summed E-state index contributed by atoms with van der Waals surface area (Å²) in [6.45, 7) is 2.03. The predicted octanol–water partition coefficient (Wildman–Crippen LogP) is 2.12. The monoisotopic (exact) mass is 275 g/mol. The number of hydrogen-bond acceptors (Lipinski definition) is 6. The predicted molar refractivity (Wildman–Crippen MR) is 73.5 cm³/mol. The average molecular weight is 275 g/mol. The van der Waals surface area contributed by atoms with Crippen LogP contribution in [-0.2, 0) is 9.53 Å². The standard InChI is InChI=1S/C13H13N3O4/c1-2-20-13(17)8-15-11-3-4-12(16(18)19)9-5-6-14-7-10(9)11/h3-7,15H,2,8H2,1H3. The van der Waals surface area contributed by atoms with Crippen LogP contribution in [0.15, 0.2) is 30.6 Å². The number of benzene rings is 1. The lowest BCUT2D eigenvalue weighted by molar-refractivity contribution is -0.383. The zero-order valence-electron chi connectivity index (χ0n) is 10.8.